The van der Waals surface area contributed by atoms with Crippen LogP contribution in [0.2, 0.25) is 0 Å². The fourth-order valence-electron chi connectivity index (χ4n) is 1.08. The third kappa shape index (κ3) is 1.92. The molecule has 0 spiro atoms. The zero-order valence-corrected chi connectivity index (χ0v) is 7.65. The van der Waals surface area contributed by atoms with Gasteiger partial charge in [0, 0.05) is 0 Å². The number of alkyl halides is 2. The van der Waals surface area contributed by atoms with Crippen molar-refractivity contribution in [3.05, 3.63) is 0 Å². The topological polar surface area (TPSA) is 0 Å². The van der Waals surface area contributed by atoms with Crippen LogP contribution in [0.3, 0.4) is 0 Å². The standard InChI is InChI=1S/C7H14I/c1-2-7-4-3-5-8-6-7/h7H,2-6H2,1H3/q-1/t7-/m1/s1. The summed E-state index contributed by atoms with van der Waals surface area (Å²) in [5, 5.41) is 0. The van der Waals surface area contributed by atoms with Crippen LogP contribution in [0.4, 0.5) is 0 Å². The van der Waals surface area contributed by atoms with Crippen molar-refractivity contribution in [1.29, 1.82) is 0 Å². The van der Waals surface area contributed by atoms with Gasteiger partial charge in [0.25, 0.3) is 0 Å². The second-order valence-electron chi connectivity index (χ2n) is 2.45. The molecule has 0 aromatic rings. The maximum absolute atomic E-state index is 2.33. The van der Waals surface area contributed by atoms with Crippen molar-refractivity contribution in [1.82, 2.24) is 0 Å². The van der Waals surface area contributed by atoms with E-state index in [1.54, 1.807) is 15.3 Å². The summed E-state index contributed by atoms with van der Waals surface area (Å²) in [5.41, 5.74) is 0. The van der Waals surface area contributed by atoms with Crippen LogP contribution >= 0.6 is 0 Å². The molecule has 0 unspecified atom stereocenters. The van der Waals surface area contributed by atoms with Gasteiger partial charge in [0.1, 0.15) is 0 Å². The average Bonchev–Trinajstić information content (AvgIpc) is 1.90. The molecule has 0 N–H and O–H groups in total. The molecule has 0 aromatic heterocycles. The molecule has 1 heteroatoms. The Balaban J connectivity index is 2.13. The molecule has 1 rings (SSSR count). The van der Waals surface area contributed by atoms with E-state index in [4.69, 9.17) is 0 Å². The van der Waals surface area contributed by atoms with Crippen LogP contribution in [-0.2, 0) is 0 Å². The third-order valence-electron chi connectivity index (χ3n) is 1.78. The zero-order valence-electron chi connectivity index (χ0n) is 5.49. The Morgan fingerprint density at radius 2 is 2.50 bits per heavy atom. The zero-order chi connectivity index (χ0) is 5.82. The summed E-state index contributed by atoms with van der Waals surface area (Å²) in [6, 6.07) is 0. The van der Waals surface area contributed by atoms with E-state index < -0.39 is 0 Å². The summed E-state index contributed by atoms with van der Waals surface area (Å²) in [7, 11) is 0. The Morgan fingerprint density at radius 1 is 1.62 bits per heavy atom. The SMILES string of the molecule is CC[C@@H]1CCC[I-]C1. The van der Waals surface area contributed by atoms with Gasteiger partial charge in [-0.1, -0.05) is 0 Å². The molecule has 1 heterocycles. The van der Waals surface area contributed by atoms with Crippen LogP contribution in [0.1, 0.15) is 26.2 Å². The molecule has 1 saturated heterocycles. The van der Waals surface area contributed by atoms with Gasteiger partial charge in [-0.05, 0) is 0 Å². The first-order chi connectivity index (χ1) is 3.93. The summed E-state index contributed by atoms with van der Waals surface area (Å²) in [5.74, 6) is 1.14. The van der Waals surface area contributed by atoms with Crippen molar-refractivity contribution in [3.63, 3.8) is 0 Å². The Morgan fingerprint density at radius 3 is 2.88 bits per heavy atom. The van der Waals surface area contributed by atoms with Crippen LogP contribution in [0.25, 0.3) is 0 Å². The van der Waals surface area contributed by atoms with Gasteiger partial charge in [0.2, 0.25) is 0 Å². The predicted octanol–water partition coefficient (Wildman–Crippen LogP) is -1.10. The first kappa shape index (κ1) is 6.84. The van der Waals surface area contributed by atoms with E-state index >= 15 is 0 Å². The molecule has 0 saturated carbocycles. The van der Waals surface area contributed by atoms with E-state index in [2.05, 4.69) is 6.92 Å². The number of halogens is 1. The van der Waals surface area contributed by atoms with E-state index in [0.29, 0.717) is 21.2 Å². The van der Waals surface area contributed by atoms with Gasteiger partial charge in [-0.25, -0.2) is 0 Å². The van der Waals surface area contributed by atoms with E-state index in [-0.39, 0.29) is 0 Å². The number of rotatable bonds is 1. The van der Waals surface area contributed by atoms with Gasteiger partial charge >= 0.3 is 62.2 Å². The van der Waals surface area contributed by atoms with Gasteiger partial charge in [-0.15, -0.1) is 0 Å². The predicted molar refractivity (Wildman–Crippen MR) is 32.7 cm³/mol. The number of hydrogen-bond donors (Lipinski definition) is 0. The quantitative estimate of drug-likeness (QED) is 0.392. The van der Waals surface area contributed by atoms with Gasteiger partial charge in [0.15, 0.2) is 0 Å². The van der Waals surface area contributed by atoms with E-state index in [1.165, 1.54) is 12.8 Å². The molecular weight excluding hydrogens is 211 g/mol. The second kappa shape index (κ2) is 3.70. The second-order valence-corrected chi connectivity index (χ2v) is 5.49. The van der Waals surface area contributed by atoms with Crippen LogP contribution in [-0.4, -0.2) is 8.86 Å². The Kier molecular flexibility index (Phi) is 3.16. The van der Waals surface area contributed by atoms with Crippen LogP contribution in [0.5, 0.6) is 0 Å². The van der Waals surface area contributed by atoms with Crippen LogP contribution in [0.15, 0.2) is 0 Å². The normalized spacial score (nSPS) is 31.4. The van der Waals surface area contributed by atoms with Gasteiger partial charge < -0.3 is 0 Å². The van der Waals surface area contributed by atoms with Crippen molar-refractivity contribution in [2.75, 3.05) is 8.86 Å². The molecule has 8 heavy (non-hydrogen) atoms. The van der Waals surface area contributed by atoms with Gasteiger partial charge in [-0.3, -0.25) is 0 Å². The molecule has 1 atom stereocenters. The molecule has 0 aromatic carbocycles. The molecule has 0 aliphatic carbocycles. The summed E-state index contributed by atoms with van der Waals surface area (Å²) >= 11 is 0.668. The Hall–Kier alpha value is 0.730. The molecule has 50 valence electrons. The van der Waals surface area contributed by atoms with Crippen molar-refractivity contribution < 1.29 is 21.2 Å². The van der Waals surface area contributed by atoms with E-state index in [0.717, 1.165) is 5.92 Å². The molecular formula is C7H14I-. The first-order valence-electron chi connectivity index (χ1n) is 3.47. The molecule has 0 amide bonds. The molecule has 1 fully saturated rings. The summed E-state index contributed by atoms with van der Waals surface area (Å²) in [4.78, 5) is 0. The summed E-state index contributed by atoms with van der Waals surface area (Å²) in [6.45, 7) is 2.33. The first-order valence-corrected chi connectivity index (χ1v) is 6.52. The minimum atomic E-state index is 0.668. The maximum atomic E-state index is 2.33. The summed E-state index contributed by atoms with van der Waals surface area (Å²) < 4.78 is 3.23. The Labute approximate surface area is 62.3 Å². The third-order valence-corrected chi connectivity index (χ3v) is 5.18. The van der Waals surface area contributed by atoms with Crippen molar-refractivity contribution >= 4 is 0 Å². The van der Waals surface area contributed by atoms with E-state index in [1.807, 2.05) is 0 Å². The molecule has 0 nitrogen and oxygen atoms in total. The number of hydrogen-bond acceptors (Lipinski definition) is 0. The molecule has 0 radical (unpaired) electrons. The fraction of sp³-hybridized carbons (Fsp3) is 1.00. The Bertz CT molecular complexity index is 55.4. The summed E-state index contributed by atoms with van der Waals surface area (Å²) in [6.07, 6.45) is 4.53. The molecule has 1 aliphatic heterocycles. The molecule has 1 aliphatic rings. The van der Waals surface area contributed by atoms with Gasteiger partial charge in [-0.2, -0.15) is 0 Å². The van der Waals surface area contributed by atoms with Crippen LogP contribution in [0, 0.1) is 5.92 Å². The van der Waals surface area contributed by atoms with Crippen LogP contribution < -0.4 is 21.2 Å². The van der Waals surface area contributed by atoms with E-state index in [9.17, 15) is 0 Å². The van der Waals surface area contributed by atoms with Gasteiger partial charge in [0.05, 0.1) is 0 Å². The molecule has 0 bridgehead atoms. The minimum absolute atomic E-state index is 0.668. The van der Waals surface area contributed by atoms with Crippen molar-refractivity contribution in [3.8, 4) is 0 Å². The fourth-order valence-corrected chi connectivity index (χ4v) is 4.45. The average molecular weight is 225 g/mol. The monoisotopic (exact) mass is 225 g/mol. The van der Waals surface area contributed by atoms with Crippen molar-refractivity contribution in [2.24, 2.45) is 5.92 Å². The van der Waals surface area contributed by atoms with Crippen molar-refractivity contribution in [2.45, 2.75) is 26.2 Å².